The fourth-order valence-corrected chi connectivity index (χ4v) is 5.12. The van der Waals surface area contributed by atoms with Gasteiger partial charge in [-0.3, -0.25) is 6.08 Å². The Morgan fingerprint density at radius 2 is 1.38 bits per heavy atom. The average Bonchev–Trinajstić information content (AvgIpc) is 3.35. The van der Waals surface area contributed by atoms with Crippen LogP contribution in [0.1, 0.15) is 95.7 Å². The first kappa shape index (κ1) is 36.5. The van der Waals surface area contributed by atoms with Crippen molar-refractivity contribution in [1.82, 2.24) is 0 Å². The Kier molecular flexibility index (Phi) is 13.8. The van der Waals surface area contributed by atoms with Crippen molar-refractivity contribution >= 4 is 3.71 Å². The van der Waals surface area contributed by atoms with Crippen LogP contribution in [-0.2, 0) is 41.5 Å². The zero-order valence-electron chi connectivity index (χ0n) is 25.9. The average molecular weight is 651 g/mol. The topological polar surface area (TPSA) is 0 Å². The predicted octanol–water partition coefficient (Wildman–Crippen LogP) is 3.69. The molecule has 0 radical (unpaired) electrons. The van der Waals surface area contributed by atoms with E-state index in [9.17, 15) is 0 Å². The third-order valence-corrected chi connectivity index (χ3v) is 8.13. The molecule has 0 N–H and O–H groups in total. The van der Waals surface area contributed by atoms with Crippen molar-refractivity contribution in [2.24, 2.45) is 5.92 Å². The van der Waals surface area contributed by atoms with Crippen LogP contribution in [0.15, 0.2) is 71.8 Å². The summed E-state index contributed by atoms with van der Waals surface area (Å²) in [6, 6.07) is 23.6. The van der Waals surface area contributed by atoms with Gasteiger partial charge >= 0.3 is 70.3 Å². The monoisotopic (exact) mass is 648 g/mol. The summed E-state index contributed by atoms with van der Waals surface area (Å²) in [5.41, 5.74) is 14.1. The number of halogens is 2. The van der Waals surface area contributed by atoms with Gasteiger partial charge in [0.25, 0.3) is 0 Å². The first-order valence-corrected chi connectivity index (χ1v) is 15.2. The van der Waals surface area contributed by atoms with Crippen molar-refractivity contribution in [3.8, 4) is 11.1 Å². The Morgan fingerprint density at radius 3 is 1.82 bits per heavy atom. The summed E-state index contributed by atoms with van der Waals surface area (Å²) in [6.07, 6.45) is 6.55. The summed E-state index contributed by atoms with van der Waals surface area (Å²) in [5, 5.41) is 0. The number of hydrogen-bond acceptors (Lipinski definition) is 0. The Hall–Kier alpha value is -1.53. The number of benzene rings is 3. The van der Waals surface area contributed by atoms with Gasteiger partial charge in [-0.15, -0.1) is 12.5 Å². The molecule has 3 heteroatoms. The molecule has 0 spiro atoms. The van der Waals surface area contributed by atoms with E-state index in [0.717, 1.165) is 6.42 Å². The summed E-state index contributed by atoms with van der Waals surface area (Å²) < 4.78 is 2.19. The molecule has 3 aromatic carbocycles. The van der Waals surface area contributed by atoms with Crippen LogP contribution in [0, 0.1) is 25.0 Å². The third kappa shape index (κ3) is 9.79. The number of allylic oxidation sites excluding steroid dienone is 4. The normalized spacial score (nSPS) is 14.9. The Morgan fingerprint density at radius 1 is 0.800 bits per heavy atom. The van der Waals surface area contributed by atoms with Gasteiger partial charge in [0.2, 0.25) is 0 Å². The molecule has 1 atom stereocenters. The second-order valence-electron chi connectivity index (χ2n) is 12.8. The van der Waals surface area contributed by atoms with Crippen molar-refractivity contribution in [1.29, 1.82) is 0 Å². The standard InChI is InChI=1S/C21H25.C8H11.C8H8.2ClH.Zr/c1-20(2,3)16-9-7-14-11-15-8-10-17(21(4,5)6)13-19(15)18(14)12-16;1-6-4-7(2)8(3)5-6;1-7-3-5-8(2)6-4-7;;;/h7,9-10,12-13H,11H2,1-6H3;4,6H,1-3H3;1,3-6H,2H3;2*1H;/q2*-1;;;;+2/p-2. The van der Waals surface area contributed by atoms with Crippen molar-refractivity contribution in [3.05, 3.63) is 117 Å². The van der Waals surface area contributed by atoms with Crippen molar-refractivity contribution in [2.75, 3.05) is 0 Å². The maximum absolute atomic E-state index is 3.53. The van der Waals surface area contributed by atoms with E-state index in [4.69, 9.17) is 0 Å². The fourth-order valence-electron chi connectivity index (χ4n) is 4.64. The van der Waals surface area contributed by atoms with E-state index >= 15 is 0 Å². The molecule has 2 aliphatic rings. The minimum absolute atomic E-state index is 0. The molecule has 40 heavy (non-hydrogen) atoms. The largest absolute Gasteiger partial charge is 1.00 e. The summed E-state index contributed by atoms with van der Waals surface area (Å²) in [5.74, 6) is 0.551. The van der Waals surface area contributed by atoms with E-state index in [1.807, 2.05) is 0 Å². The molecule has 2 aliphatic carbocycles. The van der Waals surface area contributed by atoms with Crippen molar-refractivity contribution in [3.63, 3.8) is 0 Å². The molecule has 0 aromatic heterocycles. The molecule has 212 valence electrons. The van der Waals surface area contributed by atoms with Crippen LogP contribution in [0.5, 0.6) is 0 Å². The van der Waals surface area contributed by atoms with Gasteiger partial charge in [0, 0.05) is 0 Å². The van der Waals surface area contributed by atoms with Gasteiger partial charge in [0.05, 0.1) is 0 Å². The Bertz CT molecular complexity index is 1270. The summed E-state index contributed by atoms with van der Waals surface area (Å²) in [7, 11) is 0. The molecule has 0 bridgehead atoms. The van der Waals surface area contributed by atoms with E-state index in [2.05, 4.69) is 146 Å². The number of hydrogen-bond donors (Lipinski definition) is 0. The predicted molar refractivity (Wildman–Crippen MR) is 163 cm³/mol. The van der Waals surface area contributed by atoms with Crippen LogP contribution in [0.25, 0.3) is 11.1 Å². The first-order chi connectivity index (χ1) is 17.7. The molecule has 0 amide bonds. The van der Waals surface area contributed by atoms with Gasteiger partial charge in [0.1, 0.15) is 0 Å². The molecular formula is C37H44Cl2Zr-2. The van der Waals surface area contributed by atoms with E-state index in [1.165, 1.54) is 79.9 Å². The molecule has 1 unspecified atom stereocenters. The maximum Gasteiger partial charge on any atom is -1.00 e. The van der Waals surface area contributed by atoms with Gasteiger partial charge in [0.15, 0.2) is 0 Å². The van der Waals surface area contributed by atoms with Gasteiger partial charge in [-0.25, -0.2) is 11.1 Å². The molecule has 0 saturated heterocycles. The third-order valence-electron chi connectivity index (χ3n) is 7.31. The summed E-state index contributed by atoms with van der Waals surface area (Å²) >= 11 is 1.47. The molecule has 0 heterocycles. The van der Waals surface area contributed by atoms with Crippen LogP contribution >= 0.6 is 0 Å². The molecule has 5 rings (SSSR count). The molecule has 3 aromatic rings. The van der Waals surface area contributed by atoms with Crippen LogP contribution in [0.4, 0.5) is 0 Å². The van der Waals surface area contributed by atoms with Crippen LogP contribution in [0.2, 0.25) is 0 Å². The van der Waals surface area contributed by atoms with E-state index in [0.29, 0.717) is 5.92 Å². The van der Waals surface area contributed by atoms with E-state index < -0.39 is 0 Å². The second kappa shape index (κ2) is 15.1. The molecule has 0 saturated carbocycles. The van der Waals surface area contributed by atoms with Gasteiger partial charge < -0.3 is 24.8 Å². The van der Waals surface area contributed by atoms with E-state index in [1.54, 1.807) is 0 Å². The van der Waals surface area contributed by atoms with Gasteiger partial charge in [-0.05, 0) is 17.4 Å². The minimum Gasteiger partial charge on any atom is -1.00 e. The number of rotatable bonds is 1. The minimum atomic E-state index is 0. The SMILES string of the molecule is CC(C)(C)c1c[c-]c2c(c1)-c1cc(C(C)(C)C)ccc1C2.CC1=[C-]C(C)C=C1C.Cc1ccc([CH]=[Zr+2])cc1.[Cl-].[Cl-]. The van der Waals surface area contributed by atoms with Crippen molar-refractivity contribution in [2.45, 2.75) is 86.5 Å². The summed E-state index contributed by atoms with van der Waals surface area (Å²) in [6.45, 7) is 22.1. The quantitative estimate of drug-likeness (QED) is 0.276. The number of aryl methyl sites for hydroxylation is 1. The fraction of sp³-hybridized carbons (Fsp3) is 0.378. The van der Waals surface area contributed by atoms with Crippen LogP contribution in [0.3, 0.4) is 0 Å². The van der Waals surface area contributed by atoms with Gasteiger partial charge in [-0.1, -0.05) is 96.0 Å². The van der Waals surface area contributed by atoms with Gasteiger partial charge in [-0.2, -0.15) is 35.4 Å². The van der Waals surface area contributed by atoms with E-state index in [-0.39, 0.29) is 35.6 Å². The number of fused-ring (bicyclic) bond motifs is 3. The Balaban J connectivity index is 0.000000350. The van der Waals surface area contributed by atoms with Crippen molar-refractivity contribution < 1.29 is 49.0 Å². The molecule has 0 nitrogen and oxygen atoms in total. The molecule has 0 fully saturated rings. The van der Waals surface area contributed by atoms with Crippen LogP contribution in [-0.4, -0.2) is 3.71 Å². The second-order valence-corrected chi connectivity index (χ2v) is 13.5. The Labute approximate surface area is 271 Å². The van der Waals surface area contributed by atoms with Crippen LogP contribution < -0.4 is 24.8 Å². The zero-order chi connectivity index (χ0) is 28.3. The smallest absolute Gasteiger partial charge is 1.00 e. The summed E-state index contributed by atoms with van der Waals surface area (Å²) in [4.78, 5) is 0. The first-order valence-electron chi connectivity index (χ1n) is 13.7. The zero-order valence-corrected chi connectivity index (χ0v) is 29.9. The maximum atomic E-state index is 3.53. The molecular weight excluding hydrogens is 607 g/mol. The molecule has 0 aliphatic heterocycles.